The van der Waals surface area contributed by atoms with Gasteiger partial charge in [-0.3, -0.25) is 0 Å². The third-order valence-corrected chi connectivity index (χ3v) is 10.6. The van der Waals surface area contributed by atoms with Crippen LogP contribution in [0.1, 0.15) is 0 Å². The van der Waals surface area contributed by atoms with Crippen molar-refractivity contribution in [3.8, 4) is 28.2 Å². The lowest BCUT2D eigenvalue weighted by Crippen LogP contribution is -1.95. The summed E-state index contributed by atoms with van der Waals surface area (Å²) >= 11 is 0. The fourth-order valence-corrected chi connectivity index (χ4v) is 8.34. The Hall–Kier alpha value is -6.84. The average molecular weight is 650 g/mol. The molecule has 0 unspecified atom stereocenters. The monoisotopic (exact) mass is 649 g/mol. The Balaban J connectivity index is 1.11. The van der Waals surface area contributed by atoms with Gasteiger partial charge < -0.3 is 13.7 Å². The van der Waals surface area contributed by atoms with Crippen LogP contribution in [-0.2, 0) is 0 Å². The van der Waals surface area contributed by atoms with E-state index in [1.54, 1.807) is 0 Å². The summed E-state index contributed by atoms with van der Waals surface area (Å²) in [5.41, 5.74) is 11.9. The summed E-state index contributed by atoms with van der Waals surface area (Å²) in [7, 11) is 0. The molecule has 0 spiro atoms. The molecule has 3 heteroatoms. The van der Waals surface area contributed by atoms with E-state index in [0.29, 0.717) is 0 Å². The van der Waals surface area contributed by atoms with Gasteiger partial charge in [-0.05, 0) is 107 Å². The zero-order chi connectivity index (χ0) is 33.5. The summed E-state index contributed by atoms with van der Waals surface area (Å²) in [6.45, 7) is 0. The molecule has 3 aromatic heterocycles. The standard InChI is InChI=1S/C48H31N3/c1-3-13-35(14-4-1)49-27-26-40-41-31-48-43(30-34(41)23-24-44(40)49)39-19-8-10-21-46(39)51(48)37-17-11-12-32(28-37)33-22-25-47-42(29-33)38-18-7-9-20-45(38)50(47)36-15-5-2-6-16-36/h1-31H. The molecule has 0 bridgehead atoms. The van der Waals surface area contributed by atoms with E-state index in [4.69, 9.17) is 0 Å². The van der Waals surface area contributed by atoms with Gasteiger partial charge in [0.15, 0.2) is 0 Å². The van der Waals surface area contributed by atoms with E-state index in [0.717, 1.165) is 5.69 Å². The Morgan fingerprint density at radius 3 is 1.61 bits per heavy atom. The molecule has 0 saturated heterocycles. The molecule has 51 heavy (non-hydrogen) atoms. The number of fused-ring (bicyclic) bond motifs is 9. The van der Waals surface area contributed by atoms with E-state index in [1.165, 1.54) is 87.8 Å². The van der Waals surface area contributed by atoms with Gasteiger partial charge in [0.25, 0.3) is 0 Å². The van der Waals surface area contributed by atoms with Gasteiger partial charge in [-0.1, -0.05) is 97.1 Å². The zero-order valence-corrected chi connectivity index (χ0v) is 27.7. The van der Waals surface area contributed by atoms with Crippen LogP contribution in [0.25, 0.3) is 93.5 Å². The fraction of sp³-hybridized carbons (Fsp3) is 0. The summed E-state index contributed by atoms with van der Waals surface area (Å²) in [6.07, 6.45) is 2.19. The van der Waals surface area contributed by atoms with Crippen molar-refractivity contribution in [2.24, 2.45) is 0 Å². The lowest BCUT2D eigenvalue weighted by atomic mass is 10.0. The predicted molar refractivity (Wildman–Crippen MR) is 215 cm³/mol. The lowest BCUT2D eigenvalue weighted by molar-refractivity contribution is 1.13. The molecule has 0 aliphatic heterocycles. The first-order chi connectivity index (χ1) is 25.3. The molecular formula is C48H31N3. The second-order valence-corrected chi connectivity index (χ2v) is 13.4. The largest absolute Gasteiger partial charge is 0.317 e. The van der Waals surface area contributed by atoms with Crippen molar-refractivity contribution in [3.63, 3.8) is 0 Å². The van der Waals surface area contributed by atoms with Crippen LogP contribution < -0.4 is 0 Å². The van der Waals surface area contributed by atoms with E-state index in [-0.39, 0.29) is 0 Å². The molecule has 0 saturated carbocycles. The molecule has 0 fully saturated rings. The first-order valence-electron chi connectivity index (χ1n) is 17.5. The van der Waals surface area contributed by atoms with Crippen molar-refractivity contribution >= 4 is 65.3 Å². The Morgan fingerprint density at radius 2 is 0.843 bits per heavy atom. The van der Waals surface area contributed by atoms with E-state index in [1.807, 2.05) is 0 Å². The van der Waals surface area contributed by atoms with Crippen molar-refractivity contribution in [2.75, 3.05) is 0 Å². The van der Waals surface area contributed by atoms with Gasteiger partial charge in [-0.25, -0.2) is 0 Å². The lowest BCUT2D eigenvalue weighted by Gasteiger charge is -2.12. The molecule has 3 nitrogen and oxygen atoms in total. The van der Waals surface area contributed by atoms with Gasteiger partial charge in [0.05, 0.1) is 27.6 Å². The third-order valence-electron chi connectivity index (χ3n) is 10.6. The van der Waals surface area contributed by atoms with E-state index >= 15 is 0 Å². The molecular weight excluding hydrogens is 619 g/mol. The molecule has 0 N–H and O–H groups in total. The minimum absolute atomic E-state index is 1.15. The summed E-state index contributed by atoms with van der Waals surface area (Å²) in [4.78, 5) is 0. The molecule has 238 valence electrons. The molecule has 11 aromatic rings. The number of hydrogen-bond acceptors (Lipinski definition) is 0. The highest BCUT2D eigenvalue weighted by Crippen LogP contribution is 2.39. The Kier molecular flexibility index (Phi) is 5.96. The second-order valence-electron chi connectivity index (χ2n) is 13.4. The summed E-state index contributed by atoms with van der Waals surface area (Å²) < 4.78 is 7.10. The van der Waals surface area contributed by atoms with Gasteiger partial charge in [0.1, 0.15) is 0 Å². The average Bonchev–Trinajstić information content (AvgIpc) is 3.88. The van der Waals surface area contributed by atoms with E-state index in [9.17, 15) is 0 Å². The van der Waals surface area contributed by atoms with Gasteiger partial charge in [0.2, 0.25) is 0 Å². The number of aromatic nitrogens is 3. The predicted octanol–water partition coefficient (Wildman–Crippen LogP) is 12.6. The van der Waals surface area contributed by atoms with Crippen molar-refractivity contribution in [1.29, 1.82) is 0 Å². The van der Waals surface area contributed by atoms with Crippen LogP contribution in [-0.4, -0.2) is 13.7 Å². The molecule has 0 atom stereocenters. The van der Waals surface area contributed by atoms with Crippen LogP contribution in [0.3, 0.4) is 0 Å². The SMILES string of the molecule is c1ccc(-n2ccc3c4cc5c(cc4ccc32)c2ccccc2n5-c2cccc(-c3ccc4c(c3)c3ccccc3n4-c3ccccc3)c2)cc1. The van der Waals surface area contributed by atoms with Crippen LogP contribution in [0.15, 0.2) is 188 Å². The number of para-hydroxylation sites is 4. The highest BCUT2D eigenvalue weighted by Gasteiger charge is 2.17. The van der Waals surface area contributed by atoms with Crippen molar-refractivity contribution in [1.82, 2.24) is 13.7 Å². The molecule has 0 amide bonds. The Morgan fingerprint density at radius 1 is 0.275 bits per heavy atom. The van der Waals surface area contributed by atoms with Gasteiger partial charge in [-0.2, -0.15) is 0 Å². The highest BCUT2D eigenvalue weighted by atomic mass is 15.0. The van der Waals surface area contributed by atoms with Crippen molar-refractivity contribution in [2.45, 2.75) is 0 Å². The smallest absolute Gasteiger partial charge is 0.0547 e. The van der Waals surface area contributed by atoms with E-state index in [2.05, 4.69) is 202 Å². The maximum atomic E-state index is 2.44. The molecule has 0 radical (unpaired) electrons. The van der Waals surface area contributed by atoms with E-state index < -0.39 is 0 Å². The van der Waals surface area contributed by atoms with Crippen LogP contribution in [0.4, 0.5) is 0 Å². The number of nitrogens with zero attached hydrogens (tertiary/aromatic N) is 3. The maximum absolute atomic E-state index is 2.44. The number of hydrogen-bond donors (Lipinski definition) is 0. The first-order valence-corrected chi connectivity index (χ1v) is 17.5. The highest BCUT2D eigenvalue weighted by molar-refractivity contribution is 6.18. The van der Waals surface area contributed by atoms with Crippen LogP contribution in [0.5, 0.6) is 0 Å². The van der Waals surface area contributed by atoms with Crippen molar-refractivity contribution < 1.29 is 0 Å². The van der Waals surface area contributed by atoms with Crippen LogP contribution >= 0.6 is 0 Å². The summed E-state index contributed by atoms with van der Waals surface area (Å²) in [5, 5.41) is 8.81. The van der Waals surface area contributed by atoms with Gasteiger partial charge in [0, 0.05) is 50.2 Å². The first kappa shape index (κ1) is 28.0. The number of rotatable bonds is 4. The van der Waals surface area contributed by atoms with Crippen LogP contribution in [0, 0.1) is 0 Å². The van der Waals surface area contributed by atoms with Gasteiger partial charge in [-0.15, -0.1) is 0 Å². The molecule has 3 heterocycles. The summed E-state index contributed by atoms with van der Waals surface area (Å²) in [6, 6.07) is 66.3. The minimum Gasteiger partial charge on any atom is -0.317 e. The Labute approximate surface area is 294 Å². The maximum Gasteiger partial charge on any atom is 0.0547 e. The minimum atomic E-state index is 1.15. The topological polar surface area (TPSA) is 14.8 Å². The third kappa shape index (κ3) is 4.19. The molecule has 0 aliphatic rings. The second kappa shape index (κ2) is 10.8. The van der Waals surface area contributed by atoms with Crippen molar-refractivity contribution in [3.05, 3.63) is 188 Å². The molecule has 0 aliphatic carbocycles. The zero-order valence-electron chi connectivity index (χ0n) is 27.7. The normalized spacial score (nSPS) is 11.9. The molecule has 11 rings (SSSR count). The van der Waals surface area contributed by atoms with Crippen LogP contribution in [0.2, 0.25) is 0 Å². The van der Waals surface area contributed by atoms with Gasteiger partial charge >= 0.3 is 0 Å². The Bertz CT molecular complexity index is 3120. The quantitative estimate of drug-likeness (QED) is 0.180. The fourth-order valence-electron chi connectivity index (χ4n) is 8.34. The summed E-state index contributed by atoms with van der Waals surface area (Å²) in [5.74, 6) is 0. The number of benzene rings is 8. The molecule has 8 aromatic carbocycles.